The first-order valence-corrected chi connectivity index (χ1v) is 9.02. The molecule has 0 aliphatic heterocycles. The van der Waals surface area contributed by atoms with Crippen LogP contribution < -0.4 is 4.74 Å². The van der Waals surface area contributed by atoms with Crippen molar-refractivity contribution in [3.8, 4) is 11.6 Å². The lowest BCUT2D eigenvalue weighted by molar-refractivity contribution is -0.139. The van der Waals surface area contributed by atoms with Gasteiger partial charge in [0, 0.05) is 18.2 Å². The van der Waals surface area contributed by atoms with E-state index >= 15 is 0 Å². The molecular formula is C19H25ClN2O3. The summed E-state index contributed by atoms with van der Waals surface area (Å²) >= 11 is 6.08. The maximum absolute atomic E-state index is 12.5. The summed E-state index contributed by atoms with van der Waals surface area (Å²) in [7, 11) is 1.60. The molecule has 6 heteroatoms. The minimum Gasteiger partial charge on any atom is -0.407 e. The van der Waals surface area contributed by atoms with Gasteiger partial charge in [0.25, 0.3) is 0 Å². The molecule has 0 amide bonds. The third-order valence-electron chi connectivity index (χ3n) is 4.01. The van der Waals surface area contributed by atoms with E-state index < -0.39 is 0 Å². The van der Waals surface area contributed by atoms with Crippen LogP contribution in [0, 0.1) is 5.92 Å². The summed E-state index contributed by atoms with van der Waals surface area (Å²) in [4.78, 5) is 12.5. The van der Waals surface area contributed by atoms with E-state index in [1.165, 1.54) is 0 Å². The van der Waals surface area contributed by atoms with Gasteiger partial charge in [0.1, 0.15) is 0 Å². The van der Waals surface area contributed by atoms with Crippen molar-refractivity contribution in [3.63, 3.8) is 0 Å². The van der Waals surface area contributed by atoms with Crippen LogP contribution in [0.15, 0.2) is 30.3 Å². The number of esters is 1. The van der Waals surface area contributed by atoms with Crippen molar-refractivity contribution in [3.05, 3.63) is 41.0 Å². The summed E-state index contributed by atoms with van der Waals surface area (Å²) in [6, 6.07) is 8.98. The number of halogens is 1. The fourth-order valence-corrected chi connectivity index (χ4v) is 2.80. The van der Waals surface area contributed by atoms with E-state index in [2.05, 4.69) is 12.0 Å². The monoisotopic (exact) mass is 364 g/mol. The largest absolute Gasteiger partial charge is 0.407 e. The molecule has 136 valence electrons. The normalized spacial score (nSPS) is 12.2. The first-order valence-electron chi connectivity index (χ1n) is 8.64. The second-order valence-electron chi connectivity index (χ2n) is 5.97. The highest BCUT2D eigenvalue weighted by Crippen LogP contribution is 2.24. The van der Waals surface area contributed by atoms with Crippen LogP contribution in [-0.4, -0.2) is 22.9 Å². The maximum atomic E-state index is 12.5. The molecule has 25 heavy (non-hydrogen) atoms. The van der Waals surface area contributed by atoms with Gasteiger partial charge in [0.05, 0.1) is 23.9 Å². The van der Waals surface area contributed by atoms with Crippen molar-refractivity contribution in [2.75, 3.05) is 7.11 Å². The van der Waals surface area contributed by atoms with Gasteiger partial charge < -0.3 is 9.47 Å². The van der Waals surface area contributed by atoms with E-state index in [9.17, 15) is 4.79 Å². The summed E-state index contributed by atoms with van der Waals surface area (Å²) in [5, 5.41) is 5.06. The average Bonchev–Trinajstić information content (AvgIpc) is 2.98. The maximum Gasteiger partial charge on any atom is 0.315 e. The molecule has 1 heterocycles. The molecule has 0 aliphatic rings. The number of carbonyl (C=O) groups is 1. The Morgan fingerprint density at radius 2 is 2.12 bits per heavy atom. The summed E-state index contributed by atoms with van der Waals surface area (Å²) in [6.07, 6.45) is 3.66. The highest BCUT2D eigenvalue weighted by atomic mass is 35.5. The van der Waals surface area contributed by atoms with E-state index in [1.807, 2.05) is 19.1 Å². The van der Waals surface area contributed by atoms with Crippen molar-refractivity contribution in [1.29, 1.82) is 0 Å². The van der Waals surface area contributed by atoms with Crippen LogP contribution in [0.3, 0.4) is 0 Å². The minimum absolute atomic E-state index is 0.103. The quantitative estimate of drug-likeness (QED) is 0.600. The Bertz CT molecular complexity index is 700. The van der Waals surface area contributed by atoms with Gasteiger partial charge in [0.15, 0.2) is 0 Å². The smallest absolute Gasteiger partial charge is 0.315 e. The van der Waals surface area contributed by atoms with Gasteiger partial charge in [-0.15, -0.1) is 0 Å². The summed E-state index contributed by atoms with van der Waals surface area (Å²) in [6.45, 7) is 4.46. The molecule has 0 aliphatic carbocycles. The highest BCUT2D eigenvalue weighted by Gasteiger charge is 2.21. The molecule has 0 N–H and O–H groups in total. The first kappa shape index (κ1) is 19.5. The number of hydrogen-bond acceptors (Lipinski definition) is 4. The molecule has 0 saturated carbocycles. The molecule has 0 radical (unpaired) electrons. The van der Waals surface area contributed by atoms with E-state index in [1.54, 1.807) is 30.0 Å². The van der Waals surface area contributed by atoms with Gasteiger partial charge >= 0.3 is 5.97 Å². The van der Waals surface area contributed by atoms with Crippen LogP contribution in [0.1, 0.15) is 45.2 Å². The van der Waals surface area contributed by atoms with E-state index in [4.69, 9.17) is 21.1 Å². The van der Waals surface area contributed by atoms with Crippen LogP contribution in [0.25, 0.3) is 5.69 Å². The SMILES string of the molecule is CCCCC(CC)C(=O)Oc1cc(COC)nn1-c1cccc(Cl)c1. The van der Waals surface area contributed by atoms with Crippen molar-refractivity contribution in [2.24, 2.45) is 5.92 Å². The topological polar surface area (TPSA) is 53.4 Å². The van der Waals surface area contributed by atoms with Crippen molar-refractivity contribution >= 4 is 17.6 Å². The number of rotatable bonds is 9. The fourth-order valence-electron chi connectivity index (χ4n) is 2.62. The summed E-state index contributed by atoms with van der Waals surface area (Å²) < 4.78 is 12.4. The van der Waals surface area contributed by atoms with E-state index in [-0.39, 0.29) is 11.9 Å². The number of hydrogen-bond donors (Lipinski definition) is 0. The molecule has 1 unspecified atom stereocenters. The Balaban J connectivity index is 2.27. The van der Waals surface area contributed by atoms with Crippen molar-refractivity contribution in [2.45, 2.75) is 46.1 Å². The third-order valence-corrected chi connectivity index (χ3v) is 4.24. The Kier molecular flexibility index (Phi) is 7.47. The lowest BCUT2D eigenvalue weighted by Gasteiger charge is -2.14. The Labute approximate surface area is 153 Å². The lowest BCUT2D eigenvalue weighted by atomic mass is 10.00. The average molecular weight is 365 g/mol. The Morgan fingerprint density at radius 1 is 1.32 bits per heavy atom. The van der Waals surface area contributed by atoms with Gasteiger partial charge in [-0.1, -0.05) is 44.4 Å². The van der Waals surface area contributed by atoms with Crippen molar-refractivity contribution < 1.29 is 14.3 Å². The molecule has 0 saturated heterocycles. The zero-order chi connectivity index (χ0) is 18.2. The highest BCUT2D eigenvalue weighted by molar-refractivity contribution is 6.30. The summed E-state index contributed by atoms with van der Waals surface area (Å²) in [5.41, 5.74) is 1.42. The second-order valence-corrected chi connectivity index (χ2v) is 6.40. The van der Waals surface area contributed by atoms with Crippen LogP contribution in [0.5, 0.6) is 5.88 Å². The van der Waals surface area contributed by atoms with Gasteiger partial charge in [0.2, 0.25) is 5.88 Å². The molecule has 5 nitrogen and oxygen atoms in total. The molecule has 2 rings (SSSR count). The molecule has 0 fully saturated rings. The first-order chi connectivity index (χ1) is 12.1. The van der Waals surface area contributed by atoms with Gasteiger partial charge in [-0.3, -0.25) is 4.79 Å². The number of nitrogens with zero attached hydrogens (tertiary/aromatic N) is 2. The van der Waals surface area contributed by atoms with Crippen LogP contribution in [0.2, 0.25) is 5.02 Å². The number of unbranched alkanes of at least 4 members (excludes halogenated alkanes) is 1. The molecular weight excluding hydrogens is 340 g/mol. The number of benzene rings is 1. The zero-order valence-corrected chi connectivity index (χ0v) is 15.8. The standard InChI is InChI=1S/C19H25ClN2O3/c1-4-6-8-14(5-2)19(23)25-18-12-16(13-24-3)21-22(18)17-10-7-9-15(20)11-17/h7,9-12,14H,4-6,8,13H2,1-3H3. The number of methoxy groups -OCH3 is 1. The Hall–Kier alpha value is -1.85. The fraction of sp³-hybridized carbons (Fsp3) is 0.474. The molecule has 2 aromatic rings. The minimum atomic E-state index is -0.219. The molecule has 1 aromatic carbocycles. The second kappa shape index (κ2) is 9.59. The number of carbonyl (C=O) groups excluding carboxylic acids is 1. The van der Waals surface area contributed by atoms with E-state index in [0.29, 0.717) is 23.2 Å². The van der Waals surface area contributed by atoms with E-state index in [0.717, 1.165) is 31.4 Å². The molecule has 1 atom stereocenters. The van der Waals surface area contributed by atoms with Crippen LogP contribution in [0.4, 0.5) is 0 Å². The number of aromatic nitrogens is 2. The molecule has 0 spiro atoms. The van der Waals surface area contributed by atoms with Gasteiger partial charge in [-0.05, 0) is 31.0 Å². The van der Waals surface area contributed by atoms with Gasteiger partial charge in [-0.25, -0.2) is 4.68 Å². The zero-order valence-electron chi connectivity index (χ0n) is 15.0. The van der Waals surface area contributed by atoms with Gasteiger partial charge in [-0.2, -0.15) is 5.10 Å². The molecule has 0 bridgehead atoms. The van der Waals surface area contributed by atoms with Crippen molar-refractivity contribution in [1.82, 2.24) is 9.78 Å². The molecule has 1 aromatic heterocycles. The van der Waals surface area contributed by atoms with Crippen LogP contribution >= 0.6 is 11.6 Å². The lowest BCUT2D eigenvalue weighted by Crippen LogP contribution is -2.21. The predicted molar refractivity (Wildman–Crippen MR) is 98.2 cm³/mol. The Morgan fingerprint density at radius 3 is 2.76 bits per heavy atom. The predicted octanol–water partition coefficient (Wildman–Crippen LogP) is 4.79. The summed E-state index contributed by atoms with van der Waals surface area (Å²) in [5.74, 6) is 0.0610. The third kappa shape index (κ3) is 5.31. The van der Waals surface area contributed by atoms with Crippen LogP contribution in [-0.2, 0) is 16.1 Å². The number of ether oxygens (including phenoxy) is 2.